The summed E-state index contributed by atoms with van der Waals surface area (Å²) in [6.45, 7) is -0.648. The molecule has 0 bridgehead atoms. The molecule has 0 aromatic heterocycles. The molecule has 18 N–H and O–H groups in total. The van der Waals surface area contributed by atoms with E-state index in [1.54, 1.807) is 0 Å². The summed E-state index contributed by atoms with van der Waals surface area (Å²) < 4.78 is 0. The molecule has 0 saturated carbocycles. The van der Waals surface area contributed by atoms with Crippen LogP contribution in [-0.2, 0) is 38.4 Å². The maximum atomic E-state index is 13.9. The number of carbonyl (C=O) groups is 8. The van der Waals surface area contributed by atoms with Crippen LogP contribution in [0.3, 0.4) is 0 Å². The lowest BCUT2D eigenvalue weighted by Gasteiger charge is -2.30. The quantitative estimate of drug-likeness (QED) is 0.0328. The molecule has 0 aromatic rings. The van der Waals surface area contributed by atoms with Crippen molar-refractivity contribution in [3.05, 3.63) is 0 Å². The molecule has 7 atom stereocenters. The number of aliphatic hydroxyl groups excluding tert-OH is 2. The number of amides is 7. The van der Waals surface area contributed by atoms with Gasteiger partial charge < -0.3 is 75.5 Å². The number of carboxylic acid groups (broad SMARTS) is 1. The van der Waals surface area contributed by atoms with Gasteiger partial charge >= 0.3 is 5.97 Å². The molecule has 0 spiro atoms. The van der Waals surface area contributed by atoms with Crippen molar-refractivity contribution in [3.8, 4) is 0 Å². The lowest BCUT2D eigenvalue weighted by atomic mass is 10.0. The molecule has 0 aromatic carbocycles. The smallest absolute Gasteiger partial charge is 0.326 e. The lowest BCUT2D eigenvalue weighted by Crippen LogP contribution is -2.60. The third kappa shape index (κ3) is 17.2. The van der Waals surface area contributed by atoms with E-state index in [4.69, 9.17) is 28.7 Å². The Kier molecular flexibility index (Phi) is 23.3. The second-order valence-electron chi connectivity index (χ2n) is 13.3. The van der Waals surface area contributed by atoms with Crippen molar-refractivity contribution in [2.45, 2.75) is 119 Å². The van der Waals surface area contributed by atoms with Crippen molar-refractivity contribution < 1.29 is 53.7 Å². The molecule has 1 rings (SSSR count). The Labute approximate surface area is 319 Å². The predicted molar refractivity (Wildman–Crippen MR) is 197 cm³/mol. The van der Waals surface area contributed by atoms with Crippen molar-refractivity contribution in [1.82, 2.24) is 31.5 Å². The molecule has 0 radical (unpaired) electrons. The van der Waals surface area contributed by atoms with Gasteiger partial charge in [0.1, 0.15) is 42.3 Å². The fourth-order valence-electron chi connectivity index (χ4n) is 5.82. The van der Waals surface area contributed by atoms with Crippen LogP contribution in [0.2, 0.25) is 0 Å². The number of hydrogen-bond donors (Lipinski definition) is 13. The number of likely N-dealkylation sites (tertiary alicyclic amines) is 1. The average Bonchev–Trinajstić information content (AvgIpc) is 3.65. The number of aliphatic carboxylic acids is 1. The SMILES string of the molecule is NCCCC[C@H](NC(=O)[C@@H]1CCCN1C(=O)[C@H](CCCCN)NC(=O)[C@H](CO)NC(=O)[C@H](CCCCN)NC(=O)[C@H](CC(N)=O)NC(=O)[C@@H](N)CO)C(=O)O. The summed E-state index contributed by atoms with van der Waals surface area (Å²) in [5.41, 5.74) is 27.5. The zero-order chi connectivity index (χ0) is 41.5. The van der Waals surface area contributed by atoms with E-state index in [1.165, 1.54) is 4.90 Å². The fourth-order valence-corrected chi connectivity index (χ4v) is 5.82. The van der Waals surface area contributed by atoms with Crippen LogP contribution in [-0.4, -0.2) is 149 Å². The Hall–Kier alpha value is -4.48. The molecule has 1 aliphatic rings. The van der Waals surface area contributed by atoms with Gasteiger partial charge in [0.05, 0.1) is 19.6 Å². The molecule has 0 unspecified atom stereocenters. The zero-order valence-corrected chi connectivity index (χ0v) is 31.2. The predicted octanol–water partition coefficient (Wildman–Crippen LogP) is -5.94. The number of carboxylic acids is 1. The van der Waals surface area contributed by atoms with E-state index in [9.17, 15) is 53.7 Å². The van der Waals surface area contributed by atoms with E-state index >= 15 is 0 Å². The number of carbonyl (C=O) groups excluding carboxylic acids is 7. The summed E-state index contributed by atoms with van der Waals surface area (Å²) in [4.78, 5) is 104. The highest BCUT2D eigenvalue weighted by molar-refractivity contribution is 5.98. The Balaban J connectivity index is 3.19. The highest BCUT2D eigenvalue weighted by Gasteiger charge is 2.39. The van der Waals surface area contributed by atoms with E-state index in [1.807, 2.05) is 0 Å². The number of unbranched alkanes of at least 4 members (excludes halogenated alkanes) is 3. The average molecular weight is 788 g/mol. The van der Waals surface area contributed by atoms with Gasteiger partial charge in [0.15, 0.2) is 0 Å². The molecule has 7 amide bonds. The first-order valence-corrected chi connectivity index (χ1v) is 18.6. The Morgan fingerprint density at radius 2 is 1.09 bits per heavy atom. The molecule has 1 aliphatic heterocycles. The van der Waals surface area contributed by atoms with Crippen molar-refractivity contribution in [1.29, 1.82) is 0 Å². The van der Waals surface area contributed by atoms with Crippen LogP contribution in [0.5, 0.6) is 0 Å². The van der Waals surface area contributed by atoms with Crippen LogP contribution in [0.4, 0.5) is 0 Å². The molecular formula is C33H61N11O11. The molecule has 1 heterocycles. The van der Waals surface area contributed by atoms with Crippen LogP contribution in [0.25, 0.3) is 0 Å². The monoisotopic (exact) mass is 787 g/mol. The highest BCUT2D eigenvalue weighted by atomic mass is 16.4. The number of nitrogens with zero attached hydrogens (tertiary/aromatic N) is 1. The van der Waals surface area contributed by atoms with Gasteiger partial charge in [-0.05, 0) is 90.3 Å². The normalized spacial score (nSPS) is 17.1. The van der Waals surface area contributed by atoms with Crippen LogP contribution >= 0.6 is 0 Å². The van der Waals surface area contributed by atoms with Crippen molar-refractivity contribution >= 4 is 47.3 Å². The first-order chi connectivity index (χ1) is 26.1. The van der Waals surface area contributed by atoms with Gasteiger partial charge in [-0.25, -0.2) is 4.79 Å². The van der Waals surface area contributed by atoms with Gasteiger partial charge in [0.2, 0.25) is 41.4 Å². The van der Waals surface area contributed by atoms with E-state index in [0.717, 1.165) is 0 Å². The summed E-state index contributed by atoms with van der Waals surface area (Å²) in [5, 5.41) is 41.0. The molecule has 1 saturated heterocycles. The number of nitrogens with two attached hydrogens (primary N) is 5. The second-order valence-corrected chi connectivity index (χ2v) is 13.3. The standard InChI is InChI=1S/C33H61N11O11/c34-12-4-1-8-20(39-29(50)23(16-26(38)47)42-27(48)19(37)17-45)28(49)43-24(18-46)30(51)40-21(9-2-5-13-35)32(53)44-15-7-11-25(44)31(52)41-22(33(54)55)10-3-6-14-36/h19-25,45-46H,1-18,34-37H2,(H2,38,47)(H,39,50)(H,40,51)(H,41,52)(H,42,48)(H,43,49)(H,54,55)/t19-,20-,21-,22-,23-,24-,25-/m0/s1. The lowest BCUT2D eigenvalue weighted by molar-refractivity contribution is -0.145. The summed E-state index contributed by atoms with van der Waals surface area (Å²) >= 11 is 0. The van der Waals surface area contributed by atoms with Gasteiger partial charge in [0.25, 0.3) is 0 Å². The zero-order valence-electron chi connectivity index (χ0n) is 31.2. The first-order valence-electron chi connectivity index (χ1n) is 18.6. The maximum absolute atomic E-state index is 13.9. The Bertz CT molecular complexity index is 1290. The topological polar surface area (TPSA) is 391 Å². The number of aliphatic hydroxyl groups is 2. The maximum Gasteiger partial charge on any atom is 0.326 e. The Morgan fingerprint density at radius 3 is 1.60 bits per heavy atom. The van der Waals surface area contributed by atoms with Gasteiger partial charge in [-0.1, -0.05) is 0 Å². The number of primary amides is 1. The summed E-state index contributed by atoms with van der Waals surface area (Å²) in [5.74, 6) is -7.36. The second kappa shape index (κ2) is 26.3. The molecule has 22 nitrogen and oxygen atoms in total. The first kappa shape index (κ1) is 48.5. The number of rotatable bonds is 28. The van der Waals surface area contributed by atoms with Gasteiger partial charge in [-0.2, -0.15) is 0 Å². The highest BCUT2D eigenvalue weighted by Crippen LogP contribution is 2.21. The molecule has 0 aliphatic carbocycles. The van der Waals surface area contributed by atoms with Crippen molar-refractivity contribution in [2.24, 2.45) is 28.7 Å². The van der Waals surface area contributed by atoms with Crippen molar-refractivity contribution in [3.63, 3.8) is 0 Å². The van der Waals surface area contributed by atoms with Crippen LogP contribution < -0.4 is 55.3 Å². The molecular weight excluding hydrogens is 726 g/mol. The fraction of sp³-hybridized carbons (Fsp3) is 0.758. The summed E-state index contributed by atoms with van der Waals surface area (Å²) in [6.07, 6.45) is 2.87. The summed E-state index contributed by atoms with van der Waals surface area (Å²) in [7, 11) is 0. The third-order valence-corrected chi connectivity index (χ3v) is 8.93. The van der Waals surface area contributed by atoms with Gasteiger partial charge in [-0.3, -0.25) is 33.6 Å². The molecule has 55 heavy (non-hydrogen) atoms. The van der Waals surface area contributed by atoms with Crippen LogP contribution in [0, 0.1) is 0 Å². The van der Waals surface area contributed by atoms with E-state index in [0.29, 0.717) is 51.5 Å². The van der Waals surface area contributed by atoms with Gasteiger partial charge in [0, 0.05) is 6.54 Å². The minimum absolute atomic E-state index is 0.0176. The van der Waals surface area contributed by atoms with E-state index in [2.05, 4.69) is 26.6 Å². The third-order valence-electron chi connectivity index (χ3n) is 8.93. The van der Waals surface area contributed by atoms with Crippen LogP contribution in [0.15, 0.2) is 0 Å². The minimum Gasteiger partial charge on any atom is -0.480 e. The molecule has 314 valence electrons. The summed E-state index contributed by atoms with van der Waals surface area (Å²) in [6, 6.07) is -9.41. The molecule has 1 fully saturated rings. The minimum atomic E-state index is -1.63. The number of nitrogens with one attached hydrogen (secondary N) is 5. The largest absolute Gasteiger partial charge is 0.480 e. The van der Waals surface area contributed by atoms with E-state index < -0.39 is 109 Å². The van der Waals surface area contributed by atoms with Gasteiger partial charge in [-0.15, -0.1) is 0 Å². The van der Waals surface area contributed by atoms with Crippen molar-refractivity contribution in [2.75, 3.05) is 39.4 Å². The van der Waals surface area contributed by atoms with Crippen LogP contribution in [0.1, 0.15) is 77.0 Å². The Morgan fingerprint density at radius 1 is 0.618 bits per heavy atom. The number of hydrogen-bond acceptors (Lipinski definition) is 14. The molecule has 22 heteroatoms. The van der Waals surface area contributed by atoms with E-state index in [-0.39, 0.29) is 45.3 Å².